The zero-order valence-electron chi connectivity index (χ0n) is 31.0. The SMILES string of the molecule is CC(C)(C)OC(=O)C1C2C=CC(C2)C1C(=O)OC(C)(C)C.O=C(O)C1CC2C=CC1C2.O=C(OCCCO)C1CC2C=CC1C2.O=C1C=CC(=O)O1. The van der Waals surface area contributed by atoms with Crippen molar-refractivity contribution in [1.82, 2.24) is 0 Å². The molecule has 2 N–H and O–H groups in total. The number of carbonyl (C=O) groups excluding carboxylic acids is 5. The van der Waals surface area contributed by atoms with Gasteiger partial charge in [0, 0.05) is 25.2 Å². The fourth-order valence-electron chi connectivity index (χ4n) is 7.97. The number of aliphatic hydroxyl groups is 1. The first kappa shape index (κ1) is 40.7. The Morgan fingerprint density at radius 2 is 1.10 bits per heavy atom. The van der Waals surface area contributed by atoms with E-state index in [2.05, 4.69) is 29.0 Å². The van der Waals surface area contributed by atoms with Gasteiger partial charge in [-0.25, -0.2) is 9.59 Å². The molecular weight excluding hydrogens is 672 g/mol. The van der Waals surface area contributed by atoms with E-state index >= 15 is 0 Å². The molecule has 0 radical (unpaired) electrons. The number of ether oxygens (including phenoxy) is 4. The molecule has 6 aliphatic carbocycles. The van der Waals surface area contributed by atoms with E-state index in [0.717, 1.165) is 44.3 Å². The minimum atomic E-state index is -0.614. The molecule has 7 rings (SSSR count). The lowest BCUT2D eigenvalue weighted by Crippen LogP contribution is -2.40. The van der Waals surface area contributed by atoms with Gasteiger partial charge < -0.3 is 29.2 Å². The average molecular weight is 727 g/mol. The Balaban J connectivity index is 0.000000167. The lowest BCUT2D eigenvalue weighted by molar-refractivity contribution is -0.173. The number of carboxylic acid groups (broad SMARTS) is 1. The summed E-state index contributed by atoms with van der Waals surface area (Å²) < 4.78 is 20.1. The van der Waals surface area contributed by atoms with Crippen LogP contribution in [-0.4, -0.2) is 70.4 Å². The molecule has 10 atom stereocenters. The molecule has 7 aliphatic rings. The molecule has 0 spiro atoms. The Bertz CT molecular complexity index is 1420. The van der Waals surface area contributed by atoms with E-state index < -0.39 is 40.9 Å². The summed E-state index contributed by atoms with van der Waals surface area (Å²) >= 11 is 0. The quantitative estimate of drug-likeness (QED) is 0.116. The second kappa shape index (κ2) is 17.2. The molecule has 12 heteroatoms. The van der Waals surface area contributed by atoms with E-state index in [1.807, 2.05) is 53.7 Å². The summed E-state index contributed by atoms with van der Waals surface area (Å²) in [5, 5.41) is 17.2. The monoisotopic (exact) mass is 726 g/mol. The molecule has 286 valence electrons. The number of fused-ring (bicyclic) bond motifs is 6. The van der Waals surface area contributed by atoms with Crippen molar-refractivity contribution in [2.45, 2.75) is 91.3 Å². The van der Waals surface area contributed by atoms with E-state index in [1.54, 1.807) is 0 Å². The zero-order valence-corrected chi connectivity index (χ0v) is 31.0. The summed E-state index contributed by atoms with van der Waals surface area (Å²) in [6.45, 7) is 11.5. The molecule has 1 aliphatic heterocycles. The van der Waals surface area contributed by atoms with Crippen LogP contribution in [0, 0.1) is 59.2 Å². The first-order valence-electron chi connectivity index (χ1n) is 18.3. The molecular formula is C40H54O12. The number of hydrogen-bond acceptors (Lipinski definition) is 11. The standard InChI is InChI=1S/C17H26O4.C11H16O3.C8H10O2.C4H2O3/c1-16(2,3)20-14(18)12-10-7-8-11(9-10)13(12)15(19)21-17(4,5)6;12-4-1-5-14-11(13)10-7-8-2-3-9(10)6-8;9-8(10)7-4-5-1-2-6(7)3-5;5-3-1-2-4(6)7-3/h7-8,10-13H,9H2,1-6H3;2-3,8-10,12H,1,4-7H2;1-2,5-7H,3-4H2,(H,9,10);1-2H. The lowest BCUT2D eigenvalue weighted by atomic mass is 9.83. The highest BCUT2D eigenvalue weighted by Crippen LogP contribution is 2.50. The number of aliphatic hydroxyl groups excluding tert-OH is 1. The summed E-state index contributed by atoms with van der Waals surface area (Å²) in [5.74, 6) is -1.07. The van der Waals surface area contributed by atoms with Gasteiger partial charge in [-0.05, 0) is 109 Å². The van der Waals surface area contributed by atoms with Crippen molar-refractivity contribution in [2.75, 3.05) is 13.2 Å². The molecule has 0 amide bonds. The van der Waals surface area contributed by atoms with Crippen molar-refractivity contribution >= 4 is 35.8 Å². The highest BCUT2D eigenvalue weighted by Gasteiger charge is 2.54. The summed E-state index contributed by atoms with van der Waals surface area (Å²) in [6, 6.07) is 0. The minimum absolute atomic E-state index is 0.0738. The maximum absolute atomic E-state index is 12.5. The number of carboxylic acids is 1. The van der Waals surface area contributed by atoms with Crippen LogP contribution >= 0.6 is 0 Å². The van der Waals surface area contributed by atoms with Crippen molar-refractivity contribution in [3.63, 3.8) is 0 Å². The van der Waals surface area contributed by atoms with Gasteiger partial charge in [0.2, 0.25) is 0 Å². The number of rotatable bonds is 7. The molecule has 0 aromatic heterocycles. The molecule has 12 nitrogen and oxygen atoms in total. The van der Waals surface area contributed by atoms with Gasteiger partial charge in [0.25, 0.3) is 0 Å². The normalized spacial score (nSPS) is 32.3. The van der Waals surface area contributed by atoms with Crippen LogP contribution in [0.4, 0.5) is 0 Å². The Labute approximate surface area is 305 Å². The third-order valence-corrected chi connectivity index (χ3v) is 10.1. The number of hydrogen-bond donors (Lipinski definition) is 2. The first-order valence-corrected chi connectivity index (χ1v) is 18.3. The molecule has 0 aromatic carbocycles. The summed E-state index contributed by atoms with van der Waals surface area (Å²) in [4.78, 5) is 66.9. The van der Waals surface area contributed by atoms with Crippen LogP contribution in [-0.2, 0) is 47.7 Å². The second-order valence-corrected chi connectivity index (χ2v) is 16.5. The third kappa shape index (κ3) is 11.2. The van der Waals surface area contributed by atoms with Crippen LogP contribution in [0.3, 0.4) is 0 Å². The molecule has 0 aromatic rings. The van der Waals surface area contributed by atoms with Gasteiger partial charge in [0.15, 0.2) is 0 Å². The van der Waals surface area contributed by atoms with Crippen molar-refractivity contribution in [1.29, 1.82) is 0 Å². The van der Waals surface area contributed by atoms with Gasteiger partial charge in [0.1, 0.15) is 11.2 Å². The number of aliphatic carboxylic acids is 1. The number of cyclic esters (lactones) is 2. The molecule has 52 heavy (non-hydrogen) atoms. The highest BCUT2D eigenvalue weighted by molar-refractivity contribution is 6.04. The number of carbonyl (C=O) groups is 6. The summed E-state index contributed by atoms with van der Waals surface area (Å²) in [6.07, 6.45) is 20.2. The zero-order chi connectivity index (χ0) is 38.4. The van der Waals surface area contributed by atoms with Gasteiger partial charge in [0.05, 0.1) is 30.3 Å². The maximum atomic E-state index is 12.5. The summed E-state index contributed by atoms with van der Waals surface area (Å²) in [5.41, 5.74) is -1.08. The first-order chi connectivity index (χ1) is 24.3. The Morgan fingerprint density at radius 1 is 0.654 bits per heavy atom. The minimum Gasteiger partial charge on any atom is -0.481 e. The number of allylic oxidation sites excluding steroid dienone is 6. The van der Waals surface area contributed by atoms with E-state index in [9.17, 15) is 28.8 Å². The van der Waals surface area contributed by atoms with E-state index in [1.165, 1.54) is 0 Å². The molecule has 3 fully saturated rings. The fraction of sp³-hybridized carbons (Fsp3) is 0.650. The molecule has 0 saturated heterocycles. The predicted molar refractivity (Wildman–Crippen MR) is 188 cm³/mol. The van der Waals surface area contributed by atoms with Crippen molar-refractivity contribution in [2.24, 2.45) is 59.2 Å². The van der Waals surface area contributed by atoms with Crippen molar-refractivity contribution in [3.8, 4) is 0 Å². The van der Waals surface area contributed by atoms with Crippen LogP contribution in [0.1, 0.15) is 80.1 Å². The predicted octanol–water partition coefficient (Wildman–Crippen LogP) is 5.14. The second-order valence-electron chi connectivity index (χ2n) is 16.5. The molecule has 3 saturated carbocycles. The van der Waals surface area contributed by atoms with Gasteiger partial charge in [-0.3, -0.25) is 19.2 Å². The topological polar surface area (TPSA) is 180 Å². The van der Waals surface area contributed by atoms with Gasteiger partial charge >= 0.3 is 35.8 Å². The van der Waals surface area contributed by atoms with Crippen LogP contribution in [0.5, 0.6) is 0 Å². The van der Waals surface area contributed by atoms with Crippen LogP contribution in [0.2, 0.25) is 0 Å². The van der Waals surface area contributed by atoms with E-state index in [0.29, 0.717) is 36.7 Å². The Kier molecular flexibility index (Phi) is 13.4. The van der Waals surface area contributed by atoms with Crippen LogP contribution < -0.4 is 0 Å². The number of esters is 5. The molecule has 10 unspecified atom stereocenters. The van der Waals surface area contributed by atoms with E-state index in [-0.39, 0.29) is 48.2 Å². The molecule has 6 bridgehead atoms. The van der Waals surface area contributed by atoms with Crippen LogP contribution in [0.25, 0.3) is 0 Å². The van der Waals surface area contributed by atoms with Gasteiger partial charge in [-0.2, -0.15) is 0 Å². The largest absolute Gasteiger partial charge is 0.481 e. The van der Waals surface area contributed by atoms with E-state index in [4.69, 9.17) is 24.4 Å². The highest BCUT2D eigenvalue weighted by atomic mass is 16.6. The summed E-state index contributed by atoms with van der Waals surface area (Å²) in [7, 11) is 0. The maximum Gasteiger partial charge on any atom is 0.338 e. The van der Waals surface area contributed by atoms with Crippen molar-refractivity contribution in [3.05, 3.63) is 48.6 Å². The molecule has 1 heterocycles. The van der Waals surface area contributed by atoms with Gasteiger partial charge in [-0.15, -0.1) is 0 Å². The van der Waals surface area contributed by atoms with Crippen molar-refractivity contribution < 1.29 is 57.9 Å². The lowest BCUT2D eigenvalue weighted by Gasteiger charge is -2.30. The smallest absolute Gasteiger partial charge is 0.338 e. The Hall–Kier alpha value is -4.06. The van der Waals surface area contributed by atoms with Crippen LogP contribution in [0.15, 0.2) is 48.6 Å². The Morgan fingerprint density at radius 3 is 1.40 bits per heavy atom. The van der Waals surface area contributed by atoms with Gasteiger partial charge in [-0.1, -0.05) is 36.5 Å². The third-order valence-electron chi connectivity index (χ3n) is 10.1. The fourth-order valence-corrected chi connectivity index (χ4v) is 7.97. The average Bonchev–Trinajstić information content (AvgIpc) is 3.91.